The van der Waals surface area contributed by atoms with Crippen LogP contribution < -0.4 is 10.8 Å². The molecule has 16 heavy (non-hydrogen) atoms. The molecule has 0 radical (unpaired) electrons. The first-order chi connectivity index (χ1) is 7.58. The van der Waals surface area contributed by atoms with Gasteiger partial charge in [-0.25, -0.2) is 19.5 Å². The molecule has 1 aromatic carbocycles. The second-order valence-corrected chi connectivity index (χ2v) is 2.75. The molecule has 0 atom stereocenters. The molecule has 0 aromatic heterocycles. The van der Waals surface area contributed by atoms with Gasteiger partial charge in [-0.2, -0.15) is 0 Å². The lowest BCUT2D eigenvalue weighted by molar-refractivity contribution is -0.143. The summed E-state index contributed by atoms with van der Waals surface area (Å²) < 4.78 is 12.7. The molecule has 3 N–H and O–H groups in total. The first-order valence-corrected chi connectivity index (χ1v) is 4.24. The molecule has 0 saturated heterocycles. The molecule has 0 heterocycles. The summed E-state index contributed by atoms with van der Waals surface area (Å²) in [6, 6.07) is 4.44. The van der Waals surface area contributed by atoms with Crippen molar-refractivity contribution < 1.29 is 23.9 Å². The van der Waals surface area contributed by atoms with Crippen LogP contribution in [0.2, 0.25) is 0 Å². The van der Waals surface area contributed by atoms with Crippen LogP contribution in [0, 0.1) is 5.82 Å². The Balaban J connectivity index is 2.37. The number of halogens is 1. The van der Waals surface area contributed by atoms with E-state index in [1.165, 1.54) is 18.2 Å². The fraction of sp³-hybridized carbons (Fsp3) is 0.111. The molecule has 1 aromatic rings. The number of nitrogens with one attached hydrogen (secondary N) is 2. The molecular formula is C9H9FN2O4. The molecule has 0 bridgehead atoms. The van der Waals surface area contributed by atoms with Crippen LogP contribution in [-0.2, 0) is 9.63 Å². The molecule has 0 spiro atoms. The Hall–Kier alpha value is -2.15. The van der Waals surface area contributed by atoms with Crippen molar-refractivity contribution >= 4 is 17.7 Å². The summed E-state index contributed by atoms with van der Waals surface area (Å²) in [6.45, 7) is -0.656. The van der Waals surface area contributed by atoms with Gasteiger partial charge in [0, 0.05) is 5.69 Å². The monoisotopic (exact) mass is 228 g/mol. The van der Waals surface area contributed by atoms with E-state index >= 15 is 0 Å². The van der Waals surface area contributed by atoms with Crippen molar-refractivity contribution in [2.75, 3.05) is 11.9 Å². The molecule has 6 nitrogen and oxygen atoms in total. The number of benzene rings is 1. The SMILES string of the molecule is O=C(O)CONC(=O)Nc1cccc(F)c1. The van der Waals surface area contributed by atoms with Crippen molar-refractivity contribution in [1.29, 1.82) is 0 Å². The normalized spacial score (nSPS) is 9.56. The molecule has 1 rings (SSSR count). The fourth-order valence-corrected chi connectivity index (χ4v) is 0.886. The lowest BCUT2D eigenvalue weighted by Gasteiger charge is -2.06. The number of hydrogen-bond acceptors (Lipinski definition) is 3. The van der Waals surface area contributed by atoms with Gasteiger partial charge in [-0.05, 0) is 18.2 Å². The second kappa shape index (κ2) is 5.66. The van der Waals surface area contributed by atoms with Gasteiger partial charge in [-0.15, -0.1) is 0 Å². The number of aliphatic carboxylic acids is 1. The molecule has 86 valence electrons. The van der Waals surface area contributed by atoms with Crippen molar-refractivity contribution in [3.63, 3.8) is 0 Å². The van der Waals surface area contributed by atoms with E-state index in [0.29, 0.717) is 0 Å². The number of anilines is 1. The van der Waals surface area contributed by atoms with Crippen LogP contribution in [-0.4, -0.2) is 23.7 Å². The number of carboxylic acid groups (broad SMARTS) is 1. The zero-order valence-corrected chi connectivity index (χ0v) is 8.07. The zero-order valence-electron chi connectivity index (χ0n) is 8.07. The van der Waals surface area contributed by atoms with E-state index in [9.17, 15) is 14.0 Å². The maximum atomic E-state index is 12.7. The van der Waals surface area contributed by atoms with Crippen LogP contribution in [0.4, 0.5) is 14.9 Å². The Labute approximate surface area is 90.0 Å². The number of rotatable bonds is 4. The molecule has 0 aliphatic rings. The number of carbonyl (C=O) groups is 2. The topological polar surface area (TPSA) is 87.7 Å². The Bertz CT molecular complexity index is 397. The van der Waals surface area contributed by atoms with Crippen LogP contribution in [0.25, 0.3) is 0 Å². The summed E-state index contributed by atoms with van der Waals surface area (Å²) in [4.78, 5) is 25.4. The van der Waals surface area contributed by atoms with Crippen molar-refractivity contribution in [1.82, 2.24) is 5.48 Å². The Morgan fingerprint density at radius 3 is 2.81 bits per heavy atom. The summed E-state index contributed by atoms with van der Waals surface area (Å²) in [5.41, 5.74) is 2.06. The number of hydrogen-bond donors (Lipinski definition) is 3. The zero-order chi connectivity index (χ0) is 12.0. The molecule has 0 fully saturated rings. The van der Waals surface area contributed by atoms with Crippen molar-refractivity contribution in [2.24, 2.45) is 0 Å². The van der Waals surface area contributed by atoms with Gasteiger partial charge in [0.1, 0.15) is 5.82 Å². The third-order valence-corrected chi connectivity index (χ3v) is 1.44. The number of urea groups is 1. The van der Waals surface area contributed by atoms with E-state index in [2.05, 4.69) is 10.2 Å². The maximum absolute atomic E-state index is 12.7. The van der Waals surface area contributed by atoms with Crippen LogP contribution in [0.1, 0.15) is 0 Å². The van der Waals surface area contributed by atoms with E-state index in [4.69, 9.17) is 5.11 Å². The minimum atomic E-state index is -1.22. The highest BCUT2D eigenvalue weighted by Crippen LogP contribution is 2.08. The number of carboxylic acids is 1. The van der Waals surface area contributed by atoms with Gasteiger partial charge in [-0.3, -0.25) is 4.84 Å². The maximum Gasteiger partial charge on any atom is 0.343 e. The van der Waals surface area contributed by atoms with E-state index < -0.39 is 24.4 Å². The van der Waals surface area contributed by atoms with Crippen LogP contribution in [0.3, 0.4) is 0 Å². The van der Waals surface area contributed by atoms with Gasteiger partial charge in [0.05, 0.1) is 0 Å². The second-order valence-electron chi connectivity index (χ2n) is 2.75. The highest BCUT2D eigenvalue weighted by molar-refractivity contribution is 5.88. The van der Waals surface area contributed by atoms with Crippen LogP contribution >= 0.6 is 0 Å². The summed E-state index contributed by atoms with van der Waals surface area (Å²) in [7, 11) is 0. The Kier molecular flexibility index (Phi) is 4.22. The van der Waals surface area contributed by atoms with Gasteiger partial charge < -0.3 is 10.4 Å². The van der Waals surface area contributed by atoms with Crippen molar-refractivity contribution in [3.05, 3.63) is 30.1 Å². The van der Waals surface area contributed by atoms with Crippen LogP contribution in [0.5, 0.6) is 0 Å². The number of amides is 2. The summed E-state index contributed by atoms with van der Waals surface area (Å²) in [5.74, 6) is -1.71. The quantitative estimate of drug-likeness (QED) is 0.670. The van der Waals surface area contributed by atoms with Gasteiger partial charge in [-0.1, -0.05) is 6.07 Å². The summed E-state index contributed by atoms with van der Waals surface area (Å²) in [5, 5.41) is 10.5. The molecule has 0 unspecified atom stereocenters. The first kappa shape index (κ1) is 11.9. The van der Waals surface area contributed by atoms with Gasteiger partial charge >= 0.3 is 12.0 Å². The molecular weight excluding hydrogens is 219 g/mol. The smallest absolute Gasteiger partial charge is 0.343 e. The molecule has 0 saturated carbocycles. The van der Waals surface area contributed by atoms with E-state index in [-0.39, 0.29) is 5.69 Å². The Morgan fingerprint density at radius 2 is 2.19 bits per heavy atom. The first-order valence-electron chi connectivity index (χ1n) is 4.24. The molecule has 7 heteroatoms. The van der Waals surface area contributed by atoms with Gasteiger partial charge in [0.2, 0.25) is 0 Å². The fourth-order valence-electron chi connectivity index (χ4n) is 0.886. The van der Waals surface area contributed by atoms with E-state index in [1.807, 2.05) is 5.48 Å². The highest BCUT2D eigenvalue weighted by Gasteiger charge is 2.03. The van der Waals surface area contributed by atoms with E-state index in [0.717, 1.165) is 6.07 Å². The number of carbonyl (C=O) groups excluding carboxylic acids is 1. The lowest BCUT2D eigenvalue weighted by atomic mass is 10.3. The lowest BCUT2D eigenvalue weighted by Crippen LogP contribution is -2.30. The van der Waals surface area contributed by atoms with Gasteiger partial charge in [0.15, 0.2) is 6.61 Å². The predicted molar refractivity (Wildman–Crippen MR) is 52.1 cm³/mol. The molecule has 2 amide bonds. The van der Waals surface area contributed by atoms with Crippen molar-refractivity contribution in [3.8, 4) is 0 Å². The Morgan fingerprint density at radius 1 is 1.44 bits per heavy atom. The standard InChI is InChI=1S/C9H9FN2O4/c10-6-2-1-3-7(4-6)11-9(15)12-16-5-8(13)14/h1-4H,5H2,(H,13,14)(H2,11,12,15). The largest absolute Gasteiger partial charge is 0.479 e. The third kappa shape index (κ3) is 4.38. The average molecular weight is 228 g/mol. The summed E-state index contributed by atoms with van der Waals surface area (Å²) >= 11 is 0. The van der Waals surface area contributed by atoms with Crippen LogP contribution in [0.15, 0.2) is 24.3 Å². The minimum absolute atomic E-state index is 0.233. The number of hydroxylamine groups is 1. The van der Waals surface area contributed by atoms with Gasteiger partial charge in [0.25, 0.3) is 0 Å². The minimum Gasteiger partial charge on any atom is -0.479 e. The predicted octanol–water partition coefficient (Wildman–Crippen LogP) is 0.963. The third-order valence-electron chi connectivity index (χ3n) is 1.44. The van der Waals surface area contributed by atoms with E-state index in [1.54, 1.807) is 0 Å². The highest BCUT2D eigenvalue weighted by atomic mass is 19.1. The molecule has 0 aliphatic carbocycles. The average Bonchev–Trinajstić information content (AvgIpc) is 2.16. The summed E-state index contributed by atoms with van der Waals surface area (Å²) in [6.07, 6.45) is 0. The van der Waals surface area contributed by atoms with Crippen molar-refractivity contribution in [2.45, 2.75) is 0 Å². The molecule has 0 aliphatic heterocycles.